The van der Waals surface area contributed by atoms with Crippen LogP contribution < -0.4 is 10.6 Å². The quantitative estimate of drug-likeness (QED) is 0.848. The van der Waals surface area contributed by atoms with Crippen molar-refractivity contribution < 1.29 is 13.6 Å². The summed E-state index contributed by atoms with van der Waals surface area (Å²) in [6.45, 7) is 4.16. The van der Waals surface area contributed by atoms with Gasteiger partial charge in [-0.1, -0.05) is 26.0 Å². The van der Waals surface area contributed by atoms with Crippen LogP contribution in [-0.4, -0.2) is 12.5 Å². The second-order valence-electron chi connectivity index (χ2n) is 5.71. The number of rotatable bonds is 6. The molecule has 0 saturated carbocycles. The number of hydrogen-bond acceptors (Lipinski definition) is 2. The van der Waals surface area contributed by atoms with E-state index in [1.807, 2.05) is 13.8 Å². The molecule has 122 valence electrons. The third kappa shape index (κ3) is 5.14. The molecule has 0 heterocycles. The van der Waals surface area contributed by atoms with E-state index in [0.29, 0.717) is 5.69 Å². The van der Waals surface area contributed by atoms with Crippen molar-refractivity contribution in [2.75, 3.05) is 11.9 Å². The van der Waals surface area contributed by atoms with E-state index in [2.05, 4.69) is 10.6 Å². The van der Waals surface area contributed by atoms with Crippen LogP contribution in [0.3, 0.4) is 0 Å². The van der Waals surface area contributed by atoms with Gasteiger partial charge in [0.2, 0.25) is 5.91 Å². The standard InChI is InChI=1S/C18H20F2N2O/c1-12(2)18(13-3-5-14(19)6-4-13)21-11-17(23)22-16-9-7-15(20)8-10-16/h3-10,12,18,21H,11H2,1-2H3,(H,22,23)/t18-/m1/s1. The molecule has 2 aromatic carbocycles. The third-order valence-electron chi connectivity index (χ3n) is 3.51. The lowest BCUT2D eigenvalue weighted by molar-refractivity contribution is -0.115. The maximum Gasteiger partial charge on any atom is 0.238 e. The minimum atomic E-state index is -0.350. The van der Waals surface area contributed by atoms with Gasteiger partial charge in [0.25, 0.3) is 0 Å². The van der Waals surface area contributed by atoms with Crippen LogP contribution in [0.2, 0.25) is 0 Å². The second kappa shape index (κ2) is 7.83. The summed E-state index contributed by atoms with van der Waals surface area (Å²) in [7, 11) is 0. The van der Waals surface area contributed by atoms with Crippen molar-refractivity contribution in [2.24, 2.45) is 5.92 Å². The van der Waals surface area contributed by atoms with Gasteiger partial charge in [0.1, 0.15) is 11.6 Å². The third-order valence-corrected chi connectivity index (χ3v) is 3.51. The fourth-order valence-corrected chi connectivity index (χ4v) is 2.35. The molecule has 0 spiro atoms. The van der Waals surface area contributed by atoms with Crippen LogP contribution in [0.4, 0.5) is 14.5 Å². The Balaban J connectivity index is 1.94. The minimum Gasteiger partial charge on any atom is -0.325 e. The van der Waals surface area contributed by atoms with Crippen LogP contribution >= 0.6 is 0 Å². The molecule has 2 rings (SSSR count). The van der Waals surface area contributed by atoms with Crippen LogP contribution in [0.1, 0.15) is 25.5 Å². The number of halogens is 2. The summed E-state index contributed by atoms with van der Waals surface area (Å²) in [6, 6.07) is 11.8. The molecule has 1 atom stereocenters. The lowest BCUT2D eigenvalue weighted by Gasteiger charge is -2.22. The highest BCUT2D eigenvalue weighted by molar-refractivity contribution is 5.92. The van der Waals surface area contributed by atoms with Crippen LogP contribution in [0.25, 0.3) is 0 Å². The second-order valence-corrected chi connectivity index (χ2v) is 5.71. The van der Waals surface area contributed by atoms with E-state index in [1.54, 1.807) is 12.1 Å². The first-order valence-corrected chi connectivity index (χ1v) is 7.50. The van der Waals surface area contributed by atoms with Gasteiger partial charge in [-0.3, -0.25) is 4.79 Å². The first kappa shape index (κ1) is 17.1. The molecule has 0 fully saturated rings. The molecule has 5 heteroatoms. The highest BCUT2D eigenvalue weighted by Crippen LogP contribution is 2.21. The van der Waals surface area contributed by atoms with Crippen LogP contribution in [0.5, 0.6) is 0 Å². The largest absolute Gasteiger partial charge is 0.325 e. The van der Waals surface area contributed by atoms with Crippen molar-refractivity contribution >= 4 is 11.6 Å². The Morgan fingerprint density at radius 2 is 1.48 bits per heavy atom. The van der Waals surface area contributed by atoms with Gasteiger partial charge >= 0.3 is 0 Å². The molecule has 23 heavy (non-hydrogen) atoms. The monoisotopic (exact) mass is 318 g/mol. The zero-order valence-electron chi connectivity index (χ0n) is 13.1. The van der Waals surface area contributed by atoms with E-state index < -0.39 is 0 Å². The highest BCUT2D eigenvalue weighted by Gasteiger charge is 2.16. The van der Waals surface area contributed by atoms with E-state index >= 15 is 0 Å². The predicted octanol–water partition coefficient (Wildman–Crippen LogP) is 3.89. The van der Waals surface area contributed by atoms with Crippen LogP contribution in [-0.2, 0) is 4.79 Å². The normalized spacial score (nSPS) is 12.2. The SMILES string of the molecule is CC(C)[C@@H](NCC(=O)Nc1ccc(F)cc1)c1ccc(F)cc1. The Morgan fingerprint density at radius 3 is 2.00 bits per heavy atom. The Bertz CT molecular complexity index is 639. The van der Waals surface area contributed by atoms with Gasteiger partial charge in [0.05, 0.1) is 6.54 Å². The number of hydrogen-bond donors (Lipinski definition) is 2. The number of benzene rings is 2. The number of anilines is 1. The minimum absolute atomic E-state index is 0.0606. The predicted molar refractivity (Wildman–Crippen MR) is 87.0 cm³/mol. The van der Waals surface area contributed by atoms with Gasteiger partial charge in [0, 0.05) is 11.7 Å². The average Bonchev–Trinajstić information content (AvgIpc) is 2.51. The average molecular weight is 318 g/mol. The molecule has 0 bridgehead atoms. The molecular weight excluding hydrogens is 298 g/mol. The van der Waals surface area contributed by atoms with E-state index in [-0.39, 0.29) is 36.0 Å². The summed E-state index contributed by atoms with van der Waals surface area (Å²) < 4.78 is 25.9. The maximum absolute atomic E-state index is 13.0. The van der Waals surface area contributed by atoms with Crippen molar-refractivity contribution in [2.45, 2.75) is 19.9 Å². The molecule has 2 N–H and O–H groups in total. The lowest BCUT2D eigenvalue weighted by Crippen LogP contribution is -2.33. The topological polar surface area (TPSA) is 41.1 Å². The van der Waals surface area contributed by atoms with Gasteiger partial charge < -0.3 is 10.6 Å². The van der Waals surface area contributed by atoms with Crippen molar-refractivity contribution in [3.8, 4) is 0 Å². The van der Waals surface area contributed by atoms with Gasteiger partial charge in [-0.25, -0.2) is 8.78 Å². The summed E-state index contributed by atoms with van der Waals surface area (Å²) in [5, 5.41) is 5.87. The summed E-state index contributed by atoms with van der Waals surface area (Å²) >= 11 is 0. The van der Waals surface area contributed by atoms with Gasteiger partial charge in [-0.05, 0) is 47.9 Å². The molecule has 0 aliphatic heterocycles. The van der Waals surface area contributed by atoms with E-state index in [0.717, 1.165) is 5.56 Å². The van der Waals surface area contributed by atoms with Gasteiger partial charge in [0.15, 0.2) is 0 Å². The molecule has 0 unspecified atom stereocenters. The molecule has 3 nitrogen and oxygen atoms in total. The summed E-state index contributed by atoms with van der Waals surface area (Å²) in [6.07, 6.45) is 0. The number of amides is 1. The van der Waals surface area contributed by atoms with Gasteiger partial charge in [-0.15, -0.1) is 0 Å². The molecule has 0 aliphatic rings. The zero-order chi connectivity index (χ0) is 16.8. The molecule has 0 saturated heterocycles. The van der Waals surface area contributed by atoms with Crippen LogP contribution in [0, 0.1) is 17.6 Å². The first-order chi connectivity index (χ1) is 11.0. The van der Waals surface area contributed by atoms with E-state index in [4.69, 9.17) is 0 Å². The van der Waals surface area contributed by atoms with Crippen molar-refractivity contribution in [3.05, 3.63) is 65.7 Å². The highest BCUT2D eigenvalue weighted by atomic mass is 19.1. The van der Waals surface area contributed by atoms with Gasteiger partial charge in [-0.2, -0.15) is 0 Å². The molecule has 0 aromatic heterocycles. The maximum atomic E-state index is 13.0. The van der Waals surface area contributed by atoms with Crippen LogP contribution in [0.15, 0.2) is 48.5 Å². The summed E-state index contributed by atoms with van der Waals surface area (Å²) in [5.74, 6) is -0.619. The molecule has 0 radical (unpaired) electrons. The summed E-state index contributed by atoms with van der Waals surface area (Å²) in [5.41, 5.74) is 1.47. The number of carbonyl (C=O) groups excluding carboxylic acids is 1. The Morgan fingerprint density at radius 1 is 0.957 bits per heavy atom. The Hall–Kier alpha value is -2.27. The number of nitrogens with one attached hydrogen (secondary N) is 2. The Labute approximate surface area is 134 Å². The zero-order valence-corrected chi connectivity index (χ0v) is 13.1. The van der Waals surface area contributed by atoms with Crippen molar-refractivity contribution in [1.82, 2.24) is 5.32 Å². The molecule has 2 aromatic rings. The Kier molecular flexibility index (Phi) is 5.82. The fourth-order valence-electron chi connectivity index (χ4n) is 2.35. The first-order valence-electron chi connectivity index (χ1n) is 7.50. The molecule has 0 aliphatic carbocycles. The molecular formula is C18H20F2N2O. The van der Waals surface area contributed by atoms with E-state index in [1.165, 1.54) is 36.4 Å². The fraction of sp³-hybridized carbons (Fsp3) is 0.278. The summed E-state index contributed by atoms with van der Waals surface area (Å²) in [4.78, 5) is 12.0. The lowest BCUT2D eigenvalue weighted by atomic mass is 9.96. The van der Waals surface area contributed by atoms with E-state index in [9.17, 15) is 13.6 Å². The molecule has 1 amide bonds. The van der Waals surface area contributed by atoms with Crippen molar-refractivity contribution in [3.63, 3.8) is 0 Å². The van der Waals surface area contributed by atoms with Crippen molar-refractivity contribution in [1.29, 1.82) is 0 Å². The number of carbonyl (C=O) groups is 1. The smallest absolute Gasteiger partial charge is 0.238 e.